The first kappa shape index (κ1) is 13.0. The summed E-state index contributed by atoms with van der Waals surface area (Å²) in [5.74, 6) is -0.719. The van der Waals surface area contributed by atoms with Crippen molar-refractivity contribution in [2.24, 2.45) is 11.3 Å². The molecule has 0 radical (unpaired) electrons. The molecule has 0 saturated carbocycles. The van der Waals surface area contributed by atoms with Crippen LogP contribution in [0.1, 0.15) is 26.3 Å². The van der Waals surface area contributed by atoms with Gasteiger partial charge in [-0.05, 0) is 30.9 Å². The maximum atomic E-state index is 11.3. The van der Waals surface area contributed by atoms with Crippen molar-refractivity contribution in [3.05, 3.63) is 34.9 Å². The summed E-state index contributed by atoms with van der Waals surface area (Å²) in [5, 5.41) is 9.95. The van der Waals surface area contributed by atoms with E-state index < -0.39 is 11.4 Å². The highest BCUT2D eigenvalue weighted by atomic mass is 35.5. The molecule has 1 atom stereocenters. The van der Waals surface area contributed by atoms with Gasteiger partial charge < -0.3 is 5.11 Å². The van der Waals surface area contributed by atoms with Gasteiger partial charge in [-0.25, -0.2) is 0 Å². The molecule has 16 heavy (non-hydrogen) atoms. The van der Waals surface area contributed by atoms with E-state index in [0.29, 0.717) is 11.4 Å². The molecule has 88 valence electrons. The number of carboxylic acids is 1. The summed E-state index contributed by atoms with van der Waals surface area (Å²) < 4.78 is 0. The number of rotatable bonds is 4. The van der Waals surface area contributed by atoms with Gasteiger partial charge in [0.15, 0.2) is 0 Å². The molecular weight excluding hydrogens is 224 g/mol. The van der Waals surface area contributed by atoms with Gasteiger partial charge in [-0.3, -0.25) is 4.79 Å². The van der Waals surface area contributed by atoms with Crippen LogP contribution in [0.3, 0.4) is 0 Å². The maximum Gasteiger partial charge on any atom is 0.309 e. The Morgan fingerprint density at radius 2 is 2.00 bits per heavy atom. The number of aliphatic carboxylic acids is 1. The Labute approximate surface area is 101 Å². The molecule has 1 aromatic carbocycles. The normalized spacial score (nSPS) is 14.8. The molecule has 0 heterocycles. The first-order valence-corrected chi connectivity index (χ1v) is 5.72. The second-order valence-corrected chi connectivity index (χ2v) is 5.05. The summed E-state index contributed by atoms with van der Waals surface area (Å²) in [7, 11) is 0. The van der Waals surface area contributed by atoms with Crippen LogP contribution in [0.15, 0.2) is 24.3 Å². The Morgan fingerprint density at radius 3 is 2.44 bits per heavy atom. The molecule has 3 heteroatoms. The zero-order chi connectivity index (χ0) is 12.3. The van der Waals surface area contributed by atoms with Crippen molar-refractivity contribution in [3.63, 3.8) is 0 Å². The highest BCUT2D eigenvalue weighted by Crippen LogP contribution is 2.33. The predicted octanol–water partition coefficient (Wildman–Crippen LogP) is 3.63. The third-order valence-electron chi connectivity index (χ3n) is 3.28. The van der Waals surface area contributed by atoms with Crippen molar-refractivity contribution >= 4 is 17.6 Å². The molecular formula is C13H17ClO2. The first-order valence-electron chi connectivity index (χ1n) is 5.34. The quantitative estimate of drug-likeness (QED) is 0.873. The highest BCUT2D eigenvalue weighted by Gasteiger charge is 2.37. The fourth-order valence-electron chi connectivity index (χ4n) is 1.56. The Morgan fingerprint density at radius 1 is 1.44 bits per heavy atom. The molecule has 1 N–H and O–H groups in total. The fraction of sp³-hybridized carbons (Fsp3) is 0.462. The van der Waals surface area contributed by atoms with E-state index in [4.69, 9.17) is 11.6 Å². The van der Waals surface area contributed by atoms with E-state index in [1.54, 1.807) is 13.0 Å². The number of hydrogen-bond donors (Lipinski definition) is 1. The highest BCUT2D eigenvalue weighted by molar-refractivity contribution is 6.31. The lowest BCUT2D eigenvalue weighted by Gasteiger charge is -2.29. The van der Waals surface area contributed by atoms with Crippen molar-refractivity contribution in [3.8, 4) is 0 Å². The molecule has 0 aliphatic rings. The van der Waals surface area contributed by atoms with Gasteiger partial charge in [0.1, 0.15) is 0 Å². The maximum absolute atomic E-state index is 11.3. The minimum atomic E-state index is -0.776. The minimum Gasteiger partial charge on any atom is -0.481 e. The molecule has 1 rings (SSSR count). The SMILES string of the molecule is CC(C)C(C)(Cc1ccccc1Cl)C(=O)O. The Bertz CT molecular complexity index is 387. The standard InChI is InChI=1S/C13H17ClO2/c1-9(2)13(3,12(15)16)8-10-6-4-5-7-11(10)14/h4-7,9H,8H2,1-3H3,(H,15,16). The summed E-state index contributed by atoms with van der Waals surface area (Å²) in [5.41, 5.74) is 0.119. The van der Waals surface area contributed by atoms with Crippen molar-refractivity contribution in [1.82, 2.24) is 0 Å². The lowest BCUT2D eigenvalue weighted by atomic mass is 9.74. The summed E-state index contributed by atoms with van der Waals surface area (Å²) in [6.07, 6.45) is 0.458. The van der Waals surface area contributed by atoms with Crippen LogP contribution in [-0.2, 0) is 11.2 Å². The molecule has 0 aromatic heterocycles. The zero-order valence-electron chi connectivity index (χ0n) is 9.83. The average molecular weight is 241 g/mol. The second kappa shape index (κ2) is 4.88. The van der Waals surface area contributed by atoms with E-state index >= 15 is 0 Å². The van der Waals surface area contributed by atoms with Gasteiger partial charge in [0.05, 0.1) is 5.41 Å². The van der Waals surface area contributed by atoms with E-state index in [2.05, 4.69) is 0 Å². The van der Waals surface area contributed by atoms with Crippen LogP contribution in [0, 0.1) is 11.3 Å². The molecule has 0 saturated heterocycles. The number of carboxylic acid groups (broad SMARTS) is 1. The fourth-order valence-corrected chi connectivity index (χ4v) is 1.77. The van der Waals surface area contributed by atoms with Crippen molar-refractivity contribution in [2.45, 2.75) is 27.2 Å². The topological polar surface area (TPSA) is 37.3 Å². The van der Waals surface area contributed by atoms with Gasteiger partial charge in [-0.1, -0.05) is 43.6 Å². The van der Waals surface area contributed by atoms with Crippen LogP contribution < -0.4 is 0 Å². The number of hydrogen-bond acceptors (Lipinski definition) is 1. The molecule has 0 aliphatic carbocycles. The van der Waals surface area contributed by atoms with E-state index in [1.165, 1.54) is 0 Å². The third kappa shape index (κ3) is 2.56. The largest absolute Gasteiger partial charge is 0.481 e. The average Bonchev–Trinajstić information content (AvgIpc) is 2.20. The van der Waals surface area contributed by atoms with Crippen LogP contribution in [0.5, 0.6) is 0 Å². The van der Waals surface area contributed by atoms with E-state index in [0.717, 1.165) is 5.56 Å². The van der Waals surface area contributed by atoms with Gasteiger partial charge in [-0.2, -0.15) is 0 Å². The molecule has 0 fully saturated rings. The zero-order valence-corrected chi connectivity index (χ0v) is 10.6. The van der Waals surface area contributed by atoms with E-state index in [9.17, 15) is 9.90 Å². The molecule has 0 aliphatic heterocycles. The smallest absolute Gasteiger partial charge is 0.309 e. The van der Waals surface area contributed by atoms with Gasteiger partial charge in [-0.15, -0.1) is 0 Å². The van der Waals surface area contributed by atoms with Gasteiger partial charge >= 0.3 is 5.97 Å². The van der Waals surface area contributed by atoms with Crippen LogP contribution in [0.2, 0.25) is 5.02 Å². The van der Waals surface area contributed by atoms with Crippen molar-refractivity contribution < 1.29 is 9.90 Å². The van der Waals surface area contributed by atoms with E-state index in [-0.39, 0.29) is 5.92 Å². The summed E-state index contributed by atoms with van der Waals surface area (Å²) in [6, 6.07) is 7.40. The summed E-state index contributed by atoms with van der Waals surface area (Å²) in [4.78, 5) is 11.3. The Hall–Kier alpha value is -1.02. The number of benzene rings is 1. The Balaban J connectivity index is 3.02. The Kier molecular flexibility index (Phi) is 3.98. The summed E-state index contributed by atoms with van der Waals surface area (Å²) >= 11 is 6.05. The molecule has 1 unspecified atom stereocenters. The molecule has 1 aromatic rings. The predicted molar refractivity (Wildman–Crippen MR) is 65.7 cm³/mol. The number of halogens is 1. The van der Waals surface area contributed by atoms with Crippen molar-refractivity contribution in [2.75, 3.05) is 0 Å². The van der Waals surface area contributed by atoms with Gasteiger partial charge in [0.25, 0.3) is 0 Å². The van der Waals surface area contributed by atoms with Crippen LogP contribution in [-0.4, -0.2) is 11.1 Å². The molecule has 2 nitrogen and oxygen atoms in total. The monoisotopic (exact) mass is 240 g/mol. The van der Waals surface area contributed by atoms with Gasteiger partial charge in [0, 0.05) is 5.02 Å². The van der Waals surface area contributed by atoms with Gasteiger partial charge in [0.2, 0.25) is 0 Å². The lowest BCUT2D eigenvalue weighted by molar-refractivity contribution is -0.150. The lowest BCUT2D eigenvalue weighted by Crippen LogP contribution is -2.35. The molecule has 0 bridgehead atoms. The van der Waals surface area contributed by atoms with Crippen LogP contribution >= 0.6 is 11.6 Å². The summed E-state index contributed by atoms with van der Waals surface area (Å²) in [6.45, 7) is 5.61. The van der Waals surface area contributed by atoms with Crippen LogP contribution in [0.25, 0.3) is 0 Å². The number of carbonyl (C=O) groups is 1. The van der Waals surface area contributed by atoms with E-state index in [1.807, 2.05) is 32.0 Å². The van der Waals surface area contributed by atoms with Crippen LogP contribution in [0.4, 0.5) is 0 Å². The molecule has 0 amide bonds. The minimum absolute atomic E-state index is 0.0567. The van der Waals surface area contributed by atoms with Crippen molar-refractivity contribution in [1.29, 1.82) is 0 Å². The second-order valence-electron chi connectivity index (χ2n) is 4.65. The third-order valence-corrected chi connectivity index (χ3v) is 3.65. The molecule has 0 spiro atoms. The first-order chi connectivity index (χ1) is 7.38.